The minimum absolute atomic E-state index is 0.000726. The van der Waals surface area contributed by atoms with Crippen LogP contribution in [-0.2, 0) is 57.8 Å². The van der Waals surface area contributed by atoms with Gasteiger partial charge in [-0.15, -0.1) is 0 Å². The largest absolute Gasteiger partial charge is 0.383 e. The molecule has 2 aliphatic rings. The number of likely N-dealkylation sites (N-methyl/N-ethyl adjacent to an activating group) is 2. The van der Waals surface area contributed by atoms with E-state index in [0.717, 1.165) is 35.4 Å². The lowest BCUT2D eigenvalue weighted by Gasteiger charge is -2.40. The van der Waals surface area contributed by atoms with Crippen molar-refractivity contribution < 1.29 is 45.4 Å². The molecule has 8 rings (SSSR count). The molecule has 0 saturated heterocycles. The van der Waals surface area contributed by atoms with Crippen molar-refractivity contribution in [2.45, 2.75) is 77.5 Å². The highest BCUT2D eigenvalue weighted by Gasteiger charge is 2.38. The first-order chi connectivity index (χ1) is 33.6. The van der Waals surface area contributed by atoms with Crippen molar-refractivity contribution in [3.8, 4) is 0 Å². The minimum Gasteiger partial charge on any atom is -0.383 e. The van der Waals surface area contributed by atoms with Gasteiger partial charge in [0.1, 0.15) is 35.1 Å². The molecular weight excluding hydrogens is 923 g/mol. The number of aromatic nitrogens is 8. The number of ether oxygens (including phenoxy) is 2. The minimum atomic E-state index is -1.48. The molecular formula is C48H54F6N12O4. The lowest BCUT2D eigenvalue weighted by molar-refractivity contribution is -0.120. The fraction of sp³-hybridized carbons (Fsp3) is 0.417. The number of halogens is 6. The van der Waals surface area contributed by atoms with Crippen molar-refractivity contribution in [1.29, 1.82) is 0 Å². The molecule has 70 heavy (non-hydrogen) atoms. The van der Waals surface area contributed by atoms with Crippen LogP contribution in [0.25, 0.3) is 0 Å². The molecule has 0 radical (unpaired) electrons. The van der Waals surface area contributed by atoms with Gasteiger partial charge in [0.15, 0.2) is 46.5 Å². The number of hydrogen-bond donors (Lipinski definition) is 0. The van der Waals surface area contributed by atoms with Gasteiger partial charge in [-0.05, 0) is 72.2 Å². The van der Waals surface area contributed by atoms with E-state index in [0.29, 0.717) is 99.5 Å². The van der Waals surface area contributed by atoms with Gasteiger partial charge in [-0.1, -0.05) is 13.8 Å². The normalized spacial score (nSPS) is 15.6. The predicted octanol–water partition coefficient (Wildman–Crippen LogP) is 6.26. The zero-order chi connectivity index (χ0) is 50.2. The maximum Gasteiger partial charge on any atom is 0.249 e. The highest BCUT2D eigenvalue weighted by Crippen LogP contribution is 2.35. The molecule has 0 fully saturated rings. The molecule has 372 valence electrons. The molecule has 2 atom stereocenters. The number of carbonyl (C=O) groups excluding carboxylic acids is 2. The molecule has 6 heterocycles. The monoisotopic (exact) mass is 976 g/mol. The fourth-order valence-electron chi connectivity index (χ4n) is 8.41. The van der Waals surface area contributed by atoms with Gasteiger partial charge in [-0.3, -0.25) is 19.0 Å². The Hall–Kier alpha value is -6.94. The van der Waals surface area contributed by atoms with Gasteiger partial charge in [0.2, 0.25) is 11.8 Å². The average molecular weight is 977 g/mol. The van der Waals surface area contributed by atoms with E-state index in [1.54, 1.807) is 75.3 Å². The van der Waals surface area contributed by atoms with Crippen molar-refractivity contribution in [3.05, 3.63) is 130 Å². The van der Waals surface area contributed by atoms with E-state index < -0.39 is 34.9 Å². The van der Waals surface area contributed by atoms with Crippen LogP contribution >= 0.6 is 0 Å². The first-order valence-corrected chi connectivity index (χ1v) is 22.7. The van der Waals surface area contributed by atoms with Crippen LogP contribution in [-0.4, -0.2) is 118 Å². The van der Waals surface area contributed by atoms with Crippen LogP contribution < -0.4 is 19.6 Å². The Morgan fingerprint density at radius 2 is 0.914 bits per heavy atom. The number of amides is 2. The van der Waals surface area contributed by atoms with Crippen molar-refractivity contribution in [1.82, 2.24) is 39.5 Å². The van der Waals surface area contributed by atoms with Crippen LogP contribution in [0.5, 0.6) is 0 Å². The van der Waals surface area contributed by atoms with Crippen LogP contribution in [0.4, 0.5) is 49.4 Å². The van der Waals surface area contributed by atoms with Gasteiger partial charge >= 0.3 is 0 Å². The summed E-state index contributed by atoms with van der Waals surface area (Å²) in [5.74, 6) is -5.22. The number of carbonyl (C=O) groups is 2. The van der Waals surface area contributed by atoms with Crippen LogP contribution in [0.2, 0.25) is 0 Å². The number of benzene rings is 2. The highest BCUT2D eigenvalue weighted by molar-refractivity contribution is 6.05. The van der Waals surface area contributed by atoms with Crippen molar-refractivity contribution >= 4 is 34.8 Å². The Morgan fingerprint density at radius 1 is 0.543 bits per heavy atom. The maximum atomic E-state index is 13.5. The molecule has 0 aliphatic carbocycles. The molecule has 22 heteroatoms. The third kappa shape index (κ3) is 11.4. The van der Waals surface area contributed by atoms with Gasteiger partial charge in [-0.25, -0.2) is 46.3 Å². The van der Waals surface area contributed by atoms with E-state index in [1.807, 2.05) is 23.6 Å². The number of aryl methyl sites for hydroxylation is 4. The van der Waals surface area contributed by atoms with E-state index in [4.69, 9.17) is 19.4 Å². The van der Waals surface area contributed by atoms with Gasteiger partial charge in [0, 0.05) is 66.6 Å². The molecule has 6 aromatic rings. The second kappa shape index (κ2) is 22.7. The molecule has 2 amide bonds. The molecule has 0 unspecified atom stereocenters. The average Bonchev–Trinajstić information content (AvgIpc) is 4.01. The summed E-state index contributed by atoms with van der Waals surface area (Å²) < 4.78 is 93.8. The van der Waals surface area contributed by atoms with E-state index in [9.17, 15) is 35.9 Å². The molecule has 4 aromatic heterocycles. The van der Waals surface area contributed by atoms with Crippen LogP contribution in [0.3, 0.4) is 0 Å². The summed E-state index contributed by atoms with van der Waals surface area (Å²) in [6.07, 6.45) is 13.7. The number of methoxy groups -OCH3 is 2. The summed E-state index contributed by atoms with van der Waals surface area (Å²) in [7, 11) is 6.70. The number of fused-ring (bicyclic) bond motifs is 2. The van der Waals surface area contributed by atoms with Crippen molar-refractivity contribution in [3.63, 3.8) is 0 Å². The highest BCUT2D eigenvalue weighted by atomic mass is 19.2. The second-order valence-corrected chi connectivity index (χ2v) is 16.8. The first-order valence-electron chi connectivity index (χ1n) is 22.7. The molecule has 0 N–H and O–H groups in total. The Labute approximate surface area is 400 Å². The smallest absolute Gasteiger partial charge is 0.249 e. The van der Waals surface area contributed by atoms with E-state index in [2.05, 4.69) is 20.2 Å². The molecule has 2 aliphatic heterocycles. The lowest BCUT2D eigenvalue weighted by atomic mass is 10.1. The Bertz CT molecular complexity index is 2580. The van der Waals surface area contributed by atoms with Crippen LogP contribution in [0, 0.1) is 34.9 Å². The van der Waals surface area contributed by atoms with E-state index in [1.165, 1.54) is 9.36 Å². The summed E-state index contributed by atoms with van der Waals surface area (Å²) in [5, 5.41) is 8.46. The lowest BCUT2D eigenvalue weighted by Crippen LogP contribution is -2.53. The quantitative estimate of drug-likeness (QED) is 0.0706. The number of anilines is 4. The molecule has 2 aromatic carbocycles. The second-order valence-electron chi connectivity index (χ2n) is 16.8. The van der Waals surface area contributed by atoms with Crippen LogP contribution in [0.1, 0.15) is 60.6 Å². The van der Waals surface area contributed by atoms with E-state index >= 15 is 0 Å². The summed E-state index contributed by atoms with van der Waals surface area (Å²) in [5.41, 5.74) is 3.65. The molecule has 0 spiro atoms. The zero-order valence-electron chi connectivity index (χ0n) is 39.7. The van der Waals surface area contributed by atoms with Gasteiger partial charge < -0.3 is 29.1 Å². The van der Waals surface area contributed by atoms with Crippen molar-refractivity contribution in [2.75, 3.05) is 74.2 Å². The van der Waals surface area contributed by atoms with Crippen LogP contribution in [0.15, 0.2) is 61.4 Å². The maximum absolute atomic E-state index is 13.5. The number of nitrogens with zero attached hydrogens (tertiary/aromatic N) is 12. The first kappa shape index (κ1) is 50.9. The third-order valence-corrected chi connectivity index (χ3v) is 12.1. The summed E-state index contributed by atoms with van der Waals surface area (Å²) in [6, 6.07) is 3.21. The van der Waals surface area contributed by atoms with Crippen molar-refractivity contribution in [2.24, 2.45) is 0 Å². The number of hydrogen-bond acceptors (Lipinski definition) is 12. The zero-order valence-corrected chi connectivity index (χ0v) is 39.7. The Kier molecular flexibility index (Phi) is 16.5. The fourth-order valence-corrected chi connectivity index (χ4v) is 8.41. The van der Waals surface area contributed by atoms with Gasteiger partial charge in [-0.2, -0.15) is 10.2 Å². The molecule has 16 nitrogen and oxygen atoms in total. The topological polar surface area (TPSA) is 153 Å². The SMILES string of the molecule is CC[C@@H]1C(=O)N(C)c2cnc(CCc3cnn(Cc4cc(F)c(F)c(F)c4)c3)nc2N1CCOC.CC[C@H]1C(=O)N(C)c2cnc(CCc3cnn(Cc4cc(F)c(F)c(F)c4)c3)nc2N1CCOC. The van der Waals surface area contributed by atoms with Gasteiger partial charge in [0.25, 0.3) is 0 Å². The summed E-state index contributed by atoms with van der Waals surface area (Å²) >= 11 is 0. The molecule has 0 saturated carbocycles. The molecule has 0 bridgehead atoms. The number of rotatable bonds is 18. The summed E-state index contributed by atoms with van der Waals surface area (Å²) in [4.78, 5) is 51.2. The Balaban J connectivity index is 0.000000206. The predicted molar refractivity (Wildman–Crippen MR) is 248 cm³/mol. The summed E-state index contributed by atoms with van der Waals surface area (Å²) in [6.45, 7) is 6.16. The Morgan fingerprint density at radius 3 is 1.26 bits per heavy atom. The van der Waals surface area contributed by atoms with Gasteiger partial charge in [0.05, 0.1) is 51.1 Å². The standard InChI is InChI=1S/2C24H27F3N6O2/c2*1-4-19-24(34)31(2)20-12-28-21(30-23(20)33(19)7-8-35-3)6-5-15-11-29-32(13-15)14-16-9-17(25)22(27)18(26)10-16/h2*9-13,19H,4-8,14H2,1-3H3/t2*19-/m10/s1. The third-order valence-electron chi connectivity index (χ3n) is 12.1. The van der Waals surface area contributed by atoms with E-state index in [-0.39, 0.29) is 48.1 Å².